The Morgan fingerprint density at radius 3 is 1.47 bits per heavy atom. The fraction of sp³-hybridized carbons (Fsp3) is 0.0909. The van der Waals surface area contributed by atoms with Crippen molar-refractivity contribution in [2.75, 3.05) is 22.1 Å². The maximum Gasteiger partial charge on any atom is 0.236 e. The minimum Gasteiger partial charge on any atom is -0.301 e. The number of hydrogen-bond acceptors (Lipinski definition) is 8. The second-order valence-electron chi connectivity index (χ2n) is 6.66. The summed E-state index contributed by atoms with van der Waals surface area (Å²) in [6.45, 7) is 0. The third kappa shape index (κ3) is 7.10. The maximum atomic E-state index is 13.0. The van der Waals surface area contributed by atoms with Crippen LogP contribution in [0.4, 0.5) is 19.0 Å². The van der Waals surface area contributed by atoms with Crippen molar-refractivity contribution >= 4 is 68.3 Å². The summed E-state index contributed by atoms with van der Waals surface area (Å²) in [4.78, 5) is 34.7. The second-order valence-corrected chi connectivity index (χ2v) is 10.5. The van der Waals surface area contributed by atoms with Crippen LogP contribution in [0.15, 0.2) is 69.1 Å². The number of halogens is 2. The van der Waals surface area contributed by atoms with Gasteiger partial charge >= 0.3 is 0 Å². The van der Waals surface area contributed by atoms with E-state index in [9.17, 15) is 18.4 Å². The molecule has 0 saturated heterocycles. The molecular formula is C22H16F2N4O2S4. The molecule has 34 heavy (non-hydrogen) atoms. The van der Waals surface area contributed by atoms with Crippen molar-refractivity contribution in [3.8, 4) is 11.4 Å². The molecule has 12 heteroatoms. The van der Waals surface area contributed by atoms with Crippen molar-refractivity contribution in [3.63, 3.8) is 0 Å². The van der Waals surface area contributed by atoms with Gasteiger partial charge in [-0.05, 0) is 48.5 Å². The van der Waals surface area contributed by atoms with E-state index in [4.69, 9.17) is 0 Å². The molecule has 0 spiro atoms. The van der Waals surface area contributed by atoms with Gasteiger partial charge in [0.25, 0.3) is 0 Å². The predicted molar refractivity (Wildman–Crippen MR) is 135 cm³/mol. The minimum absolute atomic E-state index is 0.170. The van der Waals surface area contributed by atoms with Crippen molar-refractivity contribution in [3.05, 3.63) is 70.9 Å². The van der Waals surface area contributed by atoms with E-state index in [1.54, 1.807) is 35.0 Å². The summed E-state index contributed by atoms with van der Waals surface area (Å²) in [7, 11) is 0. The molecule has 0 atom stereocenters. The Morgan fingerprint density at radius 2 is 1.09 bits per heavy atom. The van der Waals surface area contributed by atoms with Crippen LogP contribution in [-0.4, -0.2) is 33.3 Å². The van der Waals surface area contributed by atoms with Crippen LogP contribution in [0, 0.1) is 11.6 Å². The van der Waals surface area contributed by atoms with E-state index in [1.807, 2.05) is 0 Å². The Labute approximate surface area is 210 Å². The standard InChI is InChI=1S/C22H16F2N4O2S4/c23-13-1-5-15(6-2-13)31-11-19(29)27-21-25-17(9-33-21)18-10-34-22(26-18)28-20(30)12-32-16-7-3-14(24)4-8-16/h1-10H,11-12H2,(H,25,27,29)(H,26,28,30). The molecule has 0 bridgehead atoms. The first-order valence-corrected chi connectivity index (χ1v) is 13.5. The van der Waals surface area contributed by atoms with Crippen molar-refractivity contribution < 1.29 is 18.4 Å². The number of aromatic nitrogens is 2. The molecule has 174 valence electrons. The molecule has 6 nitrogen and oxygen atoms in total. The van der Waals surface area contributed by atoms with Crippen LogP contribution in [0.3, 0.4) is 0 Å². The van der Waals surface area contributed by atoms with E-state index in [0.29, 0.717) is 21.7 Å². The molecule has 2 aromatic heterocycles. The van der Waals surface area contributed by atoms with Crippen LogP contribution in [0.5, 0.6) is 0 Å². The molecule has 4 aromatic rings. The number of rotatable bonds is 9. The lowest BCUT2D eigenvalue weighted by molar-refractivity contribution is -0.114. The smallest absolute Gasteiger partial charge is 0.236 e. The van der Waals surface area contributed by atoms with E-state index < -0.39 is 0 Å². The third-order valence-electron chi connectivity index (χ3n) is 4.13. The fourth-order valence-corrected chi connectivity index (χ4v) is 5.41. The molecule has 0 aliphatic carbocycles. The number of amides is 2. The normalized spacial score (nSPS) is 10.8. The predicted octanol–water partition coefficient (Wildman–Crippen LogP) is 6.01. The average molecular weight is 535 g/mol. The topological polar surface area (TPSA) is 84.0 Å². The van der Waals surface area contributed by atoms with Gasteiger partial charge in [0.1, 0.15) is 23.0 Å². The van der Waals surface area contributed by atoms with Crippen LogP contribution in [0.2, 0.25) is 0 Å². The first kappa shape index (κ1) is 24.3. The second kappa shape index (κ2) is 11.6. The highest BCUT2D eigenvalue weighted by molar-refractivity contribution is 8.00. The average Bonchev–Trinajstić information content (AvgIpc) is 3.48. The summed E-state index contributed by atoms with van der Waals surface area (Å²) in [5, 5.41) is 9.90. The Bertz CT molecular complexity index is 1180. The molecular weight excluding hydrogens is 519 g/mol. The van der Waals surface area contributed by atoms with Crippen LogP contribution < -0.4 is 10.6 Å². The molecule has 0 radical (unpaired) electrons. The van der Waals surface area contributed by atoms with Gasteiger partial charge < -0.3 is 10.6 Å². The number of thiazole rings is 2. The highest BCUT2D eigenvalue weighted by atomic mass is 32.2. The van der Waals surface area contributed by atoms with Gasteiger partial charge in [-0.2, -0.15) is 0 Å². The third-order valence-corrected chi connectivity index (χ3v) is 7.67. The summed E-state index contributed by atoms with van der Waals surface area (Å²) >= 11 is 5.14. The molecule has 2 aromatic carbocycles. The molecule has 0 unspecified atom stereocenters. The van der Waals surface area contributed by atoms with Gasteiger partial charge in [-0.3, -0.25) is 9.59 Å². The zero-order valence-electron chi connectivity index (χ0n) is 17.3. The molecule has 0 aliphatic heterocycles. The molecule has 2 N–H and O–H groups in total. The zero-order valence-corrected chi connectivity index (χ0v) is 20.6. The van der Waals surface area contributed by atoms with Gasteiger partial charge in [0.2, 0.25) is 11.8 Å². The molecule has 2 amide bonds. The van der Waals surface area contributed by atoms with Gasteiger partial charge in [-0.25, -0.2) is 18.7 Å². The van der Waals surface area contributed by atoms with Gasteiger partial charge in [0, 0.05) is 20.6 Å². The summed E-state index contributed by atoms with van der Waals surface area (Å²) in [6.07, 6.45) is 0. The Hall–Kier alpha value is -2.80. The number of nitrogens with one attached hydrogen (secondary N) is 2. The lowest BCUT2D eigenvalue weighted by Crippen LogP contribution is -2.14. The molecule has 0 saturated carbocycles. The van der Waals surface area contributed by atoms with E-state index in [-0.39, 0.29) is 35.0 Å². The zero-order chi connectivity index (χ0) is 23.9. The quantitative estimate of drug-likeness (QED) is 0.256. The molecule has 0 fully saturated rings. The number of carbonyl (C=O) groups is 2. The fourth-order valence-electron chi connectivity index (χ4n) is 2.57. The van der Waals surface area contributed by atoms with Gasteiger partial charge in [0.05, 0.1) is 11.5 Å². The number of carbonyl (C=O) groups excluding carboxylic acids is 2. The molecule has 2 heterocycles. The van der Waals surface area contributed by atoms with E-state index in [0.717, 1.165) is 9.79 Å². The highest BCUT2D eigenvalue weighted by Gasteiger charge is 2.13. The lowest BCUT2D eigenvalue weighted by atomic mass is 10.4. The Balaban J connectivity index is 1.26. The number of benzene rings is 2. The monoisotopic (exact) mass is 534 g/mol. The van der Waals surface area contributed by atoms with Crippen molar-refractivity contribution in [1.82, 2.24) is 9.97 Å². The number of hydrogen-bond donors (Lipinski definition) is 2. The number of nitrogens with zero attached hydrogens (tertiary/aromatic N) is 2. The summed E-state index contributed by atoms with van der Waals surface area (Å²) in [5.41, 5.74) is 1.17. The minimum atomic E-state index is -0.322. The number of anilines is 2. The Morgan fingerprint density at radius 1 is 0.706 bits per heavy atom. The largest absolute Gasteiger partial charge is 0.301 e. The van der Waals surface area contributed by atoms with Crippen LogP contribution in [0.25, 0.3) is 11.4 Å². The number of thioether (sulfide) groups is 2. The van der Waals surface area contributed by atoms with Gasteiger partial charge in [0.15, 0.2) is 10.3 Å². The SMILES string of the molecule is O=C(CSc1ccc(F)cc1)Nc1nc(-c2csc(NC(=O)CSc3ccc(F)cc3)n2)cs1. The van der Waals surface area contributed by atoms with Crippen LogP contribution >= 0.6 is 46.2 Å². The Kier molecular flexibility index (Phi) is 8.27. The van der Waals surface area contributed by atoms with E-state index >= 15 is 0 Å². The summed E-state index contributed by atoms with van der Waals surface area (Å²) in [6, 6.07) is 11.9. The lowest BCUT2D eigenvalue weighted by Gasteiger charge is -2.02. The molecule has 0 aliphatic rings. The first-order valence-electron chi connectivity index (χ1n) is 9.72. The van der Waals surface area contributed by atoms with E-state index in [1.165, 1.54) is 70.5 Å². The van der Waals surface area contributed by atoms with Gasteiger partial charge in [-0.15, -0.1) is 46.2 Å². The van der Waals surface area contributed by atoms with Crippen molar-refractivity contribution in [2.45, 2.75) is 9.79 Å². The first-order chi connectivity index (χ1) is 16.4. The molecule has 4 rings (SSSR count). The maximum absolute atomic E-state index is 13.0. The highest BCUT2D eigenvalue weighted by Crippen LogP contribution is 2.29. The van der Waals surface area contributed by atoms with Gasteiger partial charge in [-0.1, -0.05) is 0 Å². The van der Waals surface area contributed by atoms with Crippen LogP contribution in [-0.2, 0) is 9.59 Å². The van der Waals surface area contributed by atoms with Crippen molar-refractivity contribution in [2.24, 2.45) is 0 Å². The van der Waals surface area contributed by atoms with Crippen LogP contribution in [0.1, 0.15) is 0 Å². The van der Waals surface area contributed by atoms with Crippen molar-refractivity contribution in [1.29, 1.82) is 0 Å². The summed E-state index contributed by atoms with van der Waals surface area (Å²) in [5.74, 6) is -0.747. The summed E-state index contributed by atoms with van der Waals surface area (Å²) < 4.78 is 25.9. The van der Waals surface area contributed by atoms with E-state index in [2.05, 4.69) is 20.6 Å².